The summed E-state index contributed by atoms with van der Waals surface area (Å²) in [5.41, 5.74) is 1.54. The summed E-state index contributed by atoms with van der Waals surface area (Å²) >= 11 is 9.32. The number of benzene rings is 2. The zero-order valence-electron chi connectivity index (χ0n) is 16.4. The summed E-state index contributed by atoms with van der Waals surface area (Å²) in [6, 6.07) is 14.0. The first-order chi connectivity index (χ1) is 14.5. The van der Waals surface area contributed by atoms with Crippen LogP contribution in [0.2, 0.25) is 5.02 Å². The van der Waals surface area contributed by atoms with E-state index in [0.717, 1.165) is 5.56 Å². The molecule has 0 fully saturated rings. The normalized spacial score (nSPS) is 11.5. The molecule has 3 aromatic rings. The predicted molar refractivity (Wildman–Crippen MR) is 119 cm³/mol. The third-order valence-electron chi connectivity index (χ3n) is 4.14. The molecule has 2 aromatic carbocycles. The maximum Gasteiger partial charge on any atom is 0.265 e. The molecule has 0 aliphatic carbocycles. The van der Waals surface area contributed by atoms with Crippen molar-refractivity contribution in [2.45, 2.75) is 19.6 Å². The van der Waals surface area contributed by atoms with Crippen LogP contribution >= 0.6 is 27.5 Å². The summed E-state index contributed by atoms with van der Waals surface area (Å²) in [5.74, 6) is 1.30. The molecule has 0 saturated carbocycles. The van der Waals surface area contributed by atoms with E-state index >= 15 is 0 Å². The summed E-state index contributed by atoms with van der Waals surface area (Å²) in [6.45, 7) is 2.02. The van der Waals surface area contributed by atoms with Crippen LogP contribution in [0.15, 0.2) is 65.4 Å². The number of nitrogens with zero attached hydrogens (tertiary/aromatic N) is 1. The van der Waals surface area contributed by atoms with Crippen molar-refractivity contribution in [2.75, 3.05) is 12.4 Å². The van der Waals surface area contributed by atoms with Gasteiger partial charge in [0.15, 0.2) is 17.6 Å². The standard InChI is InChI=1S/C22H20BrClN2O4/c1-14(30-19-5-3-16(24)11-18(19)23)22(27)26-17-4-6-20(28-2)21(12-17)29-13-15-7-9-25-10-8-15/h3-12,14H,13H2,1-2H3,(H,26,27). The Morgan fingerprint density at radius 2 is 1.83 bits per heavy atom. The van der Waals surface area contributed by atoms with Crippen molar-refractivity contribution in [3.63, 3.8) is 0 Å². The molecule has 0 radical (unpaired) electrons. The quantitative estimate of drug-likeness (QED) is 0.451. The Morgan fingerprint density at radius 1 is 1.10 bits per heavy atom. The average Bonchev–Trinajstić information content (AvgIpc) is 2.75. The fourth-order valence-corrected chi connectivity index (χ4v) is 3.34. The number of pyridine rings is 1. The highest BCUT2D eigenvalue weighted by atomic mass is 79.9. The number of hydrogen-bond acceptors (Lipinski definition) is 5. The lowest BCUT2D eigenvalue weighted by Crippen LogP contribution is -2.30. The van der Waals surface area contributed by atoms with E-state index in [1.807, 2.05) is 12.1 Å². The molecule has 0 spiro atoms. The Hall–Kier alpha value is -2.77. The van der Waals surface area contributed by atoms with Crippen molar-refractivity contribution in [2.24, 2.45) is 0 Å². The fraction of sp³-hybridized carbons (Fsp3) is 0.182. The second-order valence-corrected chi connectivity index (χ2v) is 7.62. The van der Waals surface area contributed by atoms with Crippen molar-refractivity contribution < 1.29 is 19.0 Å². The van der Waals surface area contributed by atoms with Gasteiger partial charge >= 0.3 is 0 Å². The van der Waals surface area contributed by atoms with E-state index in [2.05, 4.69) is 26.2 Å². The highest BCUT2D eigenvalue weighted by Crippen LogP contribution is 2.32. The predicted octanol–water partition coefficient (Wildman–Crippen LogP) is 5.49. The van der Waals surface area contributed by atoms with E-state index in [9.17, 15) is 4.79 Å². The van der Waals surface area contributed by atoms with Crippen molar-refractivity contribution in [1.82, 2.24) is 4.98 Å². The third kappa shape index (κ3) is 5.87. The molecule has 0 bridgehead atoms. The first-order valence-electron chi connectivity index (χ1n) is 9.08. The molecular weight excluding hydrogens is 472 g/mol. The van der Waals surface area contributed by atoms with Gasteiger partial charge in [-0.15, -0.1) is 0 Å². The first-order valence-corrected chi connectivity index (χ1v) is 10.3. The molecule has 0 aliphatic rings. The van der Waals surface area contributed by atoms with Gasteiger partial charge in [-0.25, -0.2) is 0 Å². The van der Waals surface area contributed by atoms with Crippen LogP contribution in [0.4, 0.5) is 5.69 Å². The van der Waals surface area contributed by atoms with Crippen LogP contribution in [-0.2, 0) is 11.4 Å². The fourth-order valence-electron chi connectivity index (χ4n) is 2.57. The number of carbonyl (C=O) groups excluding carboxylic acids is 1. The van der Waals surface area contributed by atoms with Crippen LogP contribution < -0.4 is 19.5 Å². The molecule has 1 unspecified atom stereocenters. The number of aromatic nitrogens is 1. The molecule has 1 aromatic heterocycles. The van der Waals surface area contributed by atoms with E-state index in [1.54, 1.807) is 62.8 Å². The molecule has 6 nitrogen and oxygen atoms in total. The molecule has 0 aliphatic heterocycles. The van der Waals surface area contributed by atoms with Gasteiger partial charge in [0.25, 0.3) is 5.91 Å². The first kappa shape index (κ1) is 21.9. The van der Waals surface area contributed by atoms with Gasteiger partial charge in [-0.2, -0.15) is 0 Å². The molecule has 1 atom stereocenters. The molecular formula is C22H20BrClN2O4. The molecule has 3 rings (SSSR count). The minimum atomic E-state index is -0.731. The lowest BCUT2D eigenvalue weighted by molar-refractivity contribution is -0.122. The van der Waals surface area contributed by atoms with Crippen molar-refractivity contribution in [1.29, 1.82) is 0 Å². The highest BCUT2D eigenvalue weighted by molar-refractivity contribution is 9.10. The molecule has 0 saturated heterocycles. The van der Waals surface area contributed by atoms with Gasteiger partial charge in [0.05, 0.1) is 11.6 Å². The van der Waals surface area contributed by atoms with Gasteiger partial charge < -0.3 is 19.5 Å². The number of halogens is 2. The van der Waals surface area contributed by atoms with Crippen LogP contribution in [0.1, 0.15) is 12.5 Å². The Labute approximate surface area is 188 Å². The van der Waals surface area contributed by atoms with E-state index in [-0.39, 0.29) is 5.91 Å². The third-order valence-corrected chi connectivity index (χ3v) is 5.00. The minimum absolute atomic E-state index is 0.304. The number of amides is 1. The lowest BCUT2D eigenvalue weighted by atomic mass is 10.2. The Morgan fingerprint density at radius 3 is 2.53 bits per heavy atom. The average molecular weight is 492 g/mol. The van der Waals surface area contributed by atoms with E-state index in [0.29, 0.717) is 39.0 Å². The van der Waals surface area contributed by atoms with Crippen LogP contribution in [0, 0.1) is 0 Å². The second kappa shape index (κ2) is 10.3. The number of methoxy groups -OCH3 is 1. The Bertz CT molecular complexity index is 1020. The zero-order valence-corrected chi connectivity index (χ0v) is 18.7. The van der Waals surface area contributed by atoms with Gasteiger partial charge in [-0.05, 0) is 70.9 Å². The minimum Gasteiger partial charge on any atom is -0.493 e. The topological polar surface area (TPSA) is 69.7 Å². The van der Waals surface area contributed by atoms with E-state index in [4.69, 9.17) is 25.8 Å². The molecule has 30 heavy (non-hydrogen) atoms. The van der Waals surface area contributed by atoms with Crippen molar-refractivity contribution in [3.8, 4) is 17.2 Å². The molecule has 8 heteroatoms. The molecule has 1 N–H and O–H groups in total. The summed E-state index contributed by atoms with van der Waals surface area (Å²) in [5, 5.41) is 3.40. The van der Waals surface area contributed by atoms with Crippen LogP contribution in [0.3, 0.4) is 0 Å². The number of rotatable bonds is 8. The summed E-state index contributed by atoms with van der Waals surface area (Å²) in [7, 11) is 1.56. The van der Waals surface area contributed by atoms with Gasteiger partial charge in [-0.3, -0.25) is 9.78 Å². The number of anilines is 1. The van der Waals surface area contributed by atoms with Crippen molar-refractivity contribution in [3.05, 3.63) is 76.0 Å². The SMILES string of the molecule is COc1ccc(NC(=O)C(C)Oc2ccc(Cl)cc2Br)cc1OCc1ccncc1. The van der Waals surface area contributed by atoms with Gasteiger partial charge in [0.1, 0.15) is 12.4 Å². The summed E-state index contributed by atoms with van der Waals surface area (Å²) < 4.78 is 17.6. The number of nitrogens with one attached hydrogen (secondary N) is 1. The van der Waals surface area contributed by atoms with Gasteiger partial charge in [-0.1, -0.05) is 11.6 Å². The summed E-state index contributed by atoms with van der Waals surface area (Å²) in [6.07, 6.45) is 2.67. The smallest absolute Gasteiger partial charge is 0.265 e. The monoisotopic (exact) mass is 490 g/mol. The molecule has 1 heterocycles. The maximum atomic E-state index is 12.6. The lowest BCUT2D eigenvalue weighted by Gasteiger charge is -2.17. The van der Waals surface area contributed by atoms with Crippen LogP contribution in [0.5, 0.6) is 17.2 Å². The Kier molecular flexibility index (Phi) is 7.54. The van der Waals surface area contributed by atoms with Crippen molar-refractivity contribution >= 4 is 39.1 Å². The largest absolute Gasteiger partial charge is 0.493 e. The maximum absolute atomic E-state index is 12.6. The zero-order chi connectivity index (χ0) is 21.5. The number of hydrogen-bond donors (Lipinski definition) is 1. The highest BCUT2D eigenvalue weighted by Gasteiger charge is 2.17. The number of carbonyl (C=O) groups is 1. The van der Waals surface area contributed by atoms with E-state index < -0.39 is 6.10 Å². The summed E-state index contributed by atoms with van der Waals surface area (Å²) in [4.78, 5) is 16.6. The van der Waals surface area contributed by atoms with Crippen LogP contribution in [0.25, 0.3) is 0 Å². The molecule has 1 amide bonds. The van der Waals surface area contributed by atoms with Gasteiger partial charge in [0.2, 0.25) is 0 Å². The number of ether oxygens (including phenoxy) is 3. The van der Waals surface area contributed by atoms with Crippen LogP contribution in [-0.4, -0.2) is 24.1 Å². The second-order valence-electron chi connectivity index (χ2n) is 6.33. The Balaban J connectivity index is 1.66. The van der Waals surface area contributed by atoms with E-state index in [1.165, 1.54) is 0 Å². The molecule has 156 valence electrons. The van der Waals surface area contributed by atoms with Gasteiger partial charge in [0, 0.05) is 29.2 Å².